The van der Waals surface area contributed by atoms with Crippen LogP contribution in [0.5, 0.6) is 12.0 Å². The van der Waals surface area contributed by atoms with E-state index >= 15 is 0 Å². The molecule has 7 heteroatoms. The average molecular weight is 318 g/mol. The monoisotopic (exact) mass is 318 g/mol. The zero-order chi connectivity index (χ0) is 15.8. The van der Waals surface area contributed by atoms with E-state index in [1.54, 1.807) is 7.11 Å². The van der Waals surface area contributed by atoms with E-state index in [-0.39, 0.29) is 12.3 Å². The highest BCUT2D eigenvalue weighted by Crippen LogP contribution is 2.33. The summed E-state index contributed by atoms with van der Waals surface area (Å²) in [5, 5.41) is 0. The van der Waals surface area contributed by atoms with E-state index < -0.39 is 0 Å². The first kappa shape index (κ1) is 14.7. The van der Waals surface area contributed by atoms with Gasteiger partial charge in [0, 0.05) is 6.61 Å². The molecule has 1 unspecified atom stereocenters. The minimum atomic E-state index is -0.0884. The van der Waals surface area contributed by atoms with E-state index in [0.717, 1.165) is 55.6 Å². The highest BCUT2D eigenvalue weighted by molar-refractivity contribution is 5.75. The molecule has 3 heterocycles. The summed E-state index contributed by atoms with van der Waals surface area (Å²) in [5.41, 5.74) is 2.28. The summed E-state index contributed by atoms with van der Waals surface area (Å²) in [6.45, 7) is 2.68. The highest BCUT2D eigenvalue weighted by atomic mass is 16.5. The number of imidazole rings is 1. The van der Waals surface area contributed by atoms with E-state index in [1.165, 1.54) is 6.42 Å². The smallest absolute Gasteiger partial charge is 0.319 e. The number of ether oxygens (including phenoxy) is 3. The number of hydrogen-bond acceptors (Lipinski definition) is 6. The van der Waals surface area contributed by atoms with Crippen molar-refractivity contribution in [2.24, 2.45) is 0 Å². The Morgan fingerprint density at radius 3 is 2.61 bits per heavy atom. The fraction of sp³-hybridized carbons (Fsp3) is 0.688. The summed E-state index contributed by atoms with van der Waals surface area (Å²) in [6, 6.07) is 0.949. The summed E-state index contributed by atoms with van der Waals surface area (Å²) >= 11 is 0. The Morgan fingerprint density at radius 2 is 1.96 bits per heavy atom. The van der Waals surface area contributed by atoms with Gasteiger partial charge in [0.25, 0.3) is 0 Å². The number of nitrogens with zero attached hydrogens (tertiary/aromatic N) is 4. The van der Waals surface area contributed by atoms with Crippen LogP contribution in [0.25, 0.3) is 11.2 Å². The van der Waals surface area contributed by atoms with E-state index in [9.17, 15) is 0 Å². The molecular formula is C16H22N4O3. The van der Waals surface area contributed by atoms with Crippen LogP contribution in [-0.4, -0.2) is 39.3 Å². The molecule has 0 amide bonds. The first-order valence-electron chi connectivity index (χ1n) is 8.35. The zero-order valence-electron chi connectivity index (χ0n) is 13.6. The van der Waals surface area contributed by atoms with E-state index in [0.29, 0.717) is 12.0 Å². The topological polar surface area (TPSA) is 71.3 Å². The van der Waals surface area contributed by atoms with Crippen molar-refractivity contribution in [3.63, 3.8) is 0 Å². The summed E-state index contributed by atoms with van der Waals surface area (Å²) in [5.74, 6) is 0. The van der Waals surface area contributed by atoms with Crippen molar-refractivity contribution in [3.05, 3.63) is 5.69 Å². The first-order chi connectivity index (χ1) is 11.3. The van der Waals surface area contributed by atoms with Crippen molar-refractivity contribution >= 4 is 11.2 Å². The van der Waals surface area contributed by atoms with Gasteiger partial charge in [-0.3, -0.25) is 4.57 Å². The van der Waals surface area contributed by atoms with E-state index in [1.807, 2.05) is 11.5 Å². The third-order valence-electron chi connectivity index (χ3n) is 4.61. The van der Waals surface area contributed by atoms with Gasteiger partial charge in [-0.05, 0) is 45.4 Å². The van der Waals surface area contributed by atoms with Gasteiger partial charge in [-0.1, -0.05) is 0 Å². The lowest BCUT2D eigenvalue weighted by Gasteiger charge is -2.26. The van der Waals surface area contributed by atoms with Gasteiger partial charge < -0.3 is 14.2 Å². The lowest BCUT2D eigenvalue weighted by Crippen LogP contribution is -2.25. The molecule has 2 aromatic heterocycles. The van der Waals surface area contributed by atoms with Gasteiger partial charge in [-0.2, -0.15) is 15.0 Å². The van der Waals surface area contributed by atoms with Crippen LogP contribution in [0.4, 0.5) is 0 Å². The third kappa shape index (κ3) is 2.63. The van der Waals surface area contributed by atoms with Crippen LogP contribution in [0.15, 0.2) is 0 Å². The predicted molar refractivity (Wildman–Crippen MR) is 83.7 cm³/mol. The molecule has 23 heavy (non-hydrogen) atoms. The summed E-state index contributed by atoms with van der Waals surface area (Å²) < 4.78 is 19.2. The van der Waals surface area contributed by atoms with Gasteiger partial charge in [0.05, 0.1) is 12.8 Å². The molecule has 1 saturated carbocycles. The van der Waals surface area contributed by atoms with Gasteiger partial charge in [-0.15, -0.1) is 0 Å². The zero-order valence-corrected chi connectivity index (χ0v) is 13.6. The van der Waals surface area contributed by atoms with Crippen molar-refractivity contribution < 1.29 is 14.2 Å². The van der Waals surface area contributed by atoms with Crippen LogP contribution in [-0.2, 0) is 4.74 Å². The summed E-state index contributed by atoms with van der Waals surface area (Å²) in [4.78, 5) is 13.6. The molecule has 0 bridgehead atoms. The fourth-order valence-corrected chi connectivity index (χ4v) is 3.09. The molecule has 7 nitrogen and oxygen atoms in total. The fourth-order valence-electron chi connectivity index (χ4n) is 3.09. The molecule has 1 saturated heterocycles. The highest BCUT2D eigenvalue weighted by Gasteiger charge is 2.26. The molecule has 2 fully saturated rings. The molecule has 2 aromatic rings. The largest absolute Gasteiger partial charge is 0.468 e. The quantitative estimate of drug-likeness (QED) is 0.863. The maximum absolute atomic E-state index is 5.91. The molecule has 2 aliphatic rings. The minimum absolute atomic E-state index is 0.0884. The molecule has 1 aliphatic heterocycles. The molecule has 4 rings (SSSR count). The van der Waals surface area contributed by atoms with Crippen LogP contribution >= 0.6 is 0 Å². The number of rotatable bonds is 4. The van der Waals surface area contributed by atoms with Crippen molar-refractivity contribution in [1.82, 2.24) is 19.5 Å². The Bertz CT molecular complexity index is 705. The van der Waals surface area contributed by atoms with Gasteiger partial charge in [-0.25, -0.2) is 0 Å². The van der Waals surface area contributed by atoms with Gasteiger partial charge in [0.1, 0.15) is 17.8 Å². The second kappa shape index (κ2) is 5.96. The summed E-state index contributed by atoms with van der Waals surface area (Å²) in [7, 11) is 1.62. The molecule has 124 valence electrons. The normalized spacial score (nSPS) is 22.1. The van der Waals surface area contributed by atoms with Crippen LogP contribution in [0.3, 0.4) is 0 Å². The van der Waals surface area contributed by atoms with Crippen molar-refractivity contribution in [3.8, 4) is 12.0 Å². The number of methoxy groups -OCH3 is 1. The molecule has 0 N–H and O–H groups in total. The maximum Gasteiger partial charge on any atom is 0.319 e. The second-order valence-corrected chi connectivity index (χ2v) is 6.22. The van der Waals surface area contributed by atoms with Crippen LogP contribution in [0, 0.1) is 6.92 Å². The number of aryl methyl sites for hydroxylation is 1. The SMILES string of the molecule is COc1nc2c(C)nc(OC3CCC3)nc2n1C1CCCCO1. The Morgan fingerprint density at radius 1 is 1.09 bits per heavy atom. The lowest BCUT2D eigenvalue weighted by molar-refractivity contribution is -0.0335. The van der Waals surface area contributed by atoms with E-state index in [2.05, 4.69) is 15.0 Å². The Balaban J connectivity index is 1.77. The Hall–Kier alpha value is -1.89. The molecule has 1 atom stereocenters. The molecular weight excluding hydrogens is 296 g/mol. The molecule has 0 radical (unpaired) electrons. The van der Waals surface area contributed by atoms with Gasteiger partial charge >= 0.3 is 12.0 Å². The summed E-state index contributed by atoms with van der Waals surface area (Å²) in [6.07, 6.45) is 6.69. The van der Waals surface area contributed by atoms with Crippen molar-refractivity contribution in [2.75, 3.05) is 13.7 Å². The third-order valence-corrected chi connectivity index (χ3v) is 4.61. The maximum atomic E-state index is 5.91. The minimum Gasteiger partial charge on any atom is -0.468 e. The first-order valence-corrected chi connectivity index (χ1v) is 8.35. The molecule has 0 spiro atoms. The van der Waals surface area contributed by atoms with Crippen molar-refractivity contribution in [2.45, 2.75) is 57.8 Å². The van der Waals surface area contributed by atoms with Crippen LogP contribution in [0.1, 0.15) is 50.4 Å². The predicted octanol–water partition coefficient (Wildman–Crippen LogP) is 2.77. The van der Waals surface area contributed by atoms with Gasteiger partial charge in [0.2, 0.25) is 0 Å². The van der Waals surface area contributed by atoms with E-state index in [4.69, 9.17) is 14.2 Å². The molecule has 1 aliphatic carbocycles. The van der Waals surface area contributed by atoms with Crippen LogP contribution < -0.4 is 9.47 Å². The Labute approximate surface area is 135 Å². The van der Waals surface area contributed by atoms with Crippen molar-refractivity contribution in [1.29, 1.82) is 0 Å². The van der Waals surface area contributed by atoms with Gasteiger partial charge in [0.15, 0.2) is 5.65 Å². The second-order valence-electron chi connectivity index (χ2n) is 6.22. The standard InChI is InChI=1S/C16H22N4O3/c1-10-13-14(19-15(17-10)23-11-6-5-7-11)20(16(18-13)21-2)12-8-3-4-9-22-12/h11-12H,3-9H2,1-2H3. The Kier molecular flexibility index (Phi) is 3.80. The average Bonchev–Trinajstić information content (AvgIpc) is 2.91. The molecule has 0 aromatic carbocycles. The lowest BCUT2D eigenvalue weighted by atomic mass is 9.96. The number of aromatic nitrogens is 4. The number of hydrogen-bond donors (Lipinski definition) is 0. The van der Waals surface area contributed by atoms with Crippen LogP contribution in [0.2, 0.25) is 0 Å². The number of fused-ring (bicyclic) bond motifs is 1.